The van der Waals surface area contributed by atoms with E-state index in [0.29, 0.717) is 5.52 Å². The van der Waals surface area contributed by atoms with Crippen LogP contribution in [0.4, 0.5) is 4.79 Å². The fourth-order valence-corrected chi connectivity index (χ4v) is 2.07. The Morgan fingerprint density at radius 1 is 1.41 bits per heavy atom. The van der Waals surface area contributed by atoms with Crippen LogP contribution in [0, 0.1) is 0 Å². The molecule has 0 aliphatic carbocycles. The first kappa shape index (κ1) is 16.3. The first-order valence-electron chi connectivity index (χ1n) is 6.76. The summed E-state index contributed by atoms with van der Waals surface area (Å²) in [6.07, 6.45) is -0.615. The van der Waals surface area contributed by atoms with Crippen molar-refractivity contribution in [3.63, 3.8) is 0 Å². The minimum atomic E-state index is -0.620. The summed E-state index contributed by atoms with van der Waals surface area (Å²) in [5.41, 5.74) is -0.797. The molecule has 1 aromatic heterocycles. The number of carbonyl (C=O) groups is 1. The van der Waals surface area contributed by atoms with Gasteiger partial charge in [-0.15, -0.1) is 0 Å². The Bertz CT molecular complexity index is 764. The minimum absolute atomic E-state index is 0.0885. The van der Waals surface area contributed by atoms with Gasteiger partial charge >= 0.3 is 11.7 Å². The molecule has 0 fully saturated rings. The zero-order valence-corrected chi connectivity index (χ0v) is 13.5. The predicted molar refractivity (Wildman–Crippen MR) is 83.1 cm³/mol. The Hall–Kier alpha value is -2.08. The topological polar surface area (TPSA) is 81.4 Å². The van der Waals surface area contributed by atoms with Crippen LogP contribution in [0.2, 0.25) is 5.02 Å². The summed E-state index contributed by atoms with van der Waals surface area (Å²) in [6.45, 7) is 6.92. The standard InChI is InChI=1S/C15H17ClN2O4/c1-8(17-14(20)22-15(2,3)4)12-18-10-7-5-6-9(16)11(10)13(19)21-12/h5-8H,1-4H3,(H,17,20)/t8-/m0/s1. The van der Waals surface area contributed by atoms with Gasteiger partial charge < -0.3 is 14.5 Å². The van der Waals surface area contributed by atoms with E-state index >= 15 is 0 Å². The molecule has 118 valence electrons. The highest BCUT2D eigenvalue weighted by Gasteiger charge is 2.21. The average molecular weight is 325 g/mol. The number of nitrogens with zero attached hydrogens (tertiary/aromatic N) is 1. The molecule has 2 aromatic rings. The second-order valence-corrected chi connectivity index (χ2v) is 6.25. The summed E-state index contributed by atoms with van der Waals surface area (Å²) >= 11 is 5.96. The van der Waals surface area contributed by atoms with E-state index < -0.39 is 23.4 Å². The Morgan fingerprint density at radius 2 is 2.09 bits per heavy atom. The van der Waals surface area contributed by atoms with Crippen molar-refractivity contribution >= 4 is 28.6 Å². The second kappa shape index (κ2) is 5.96. The Morgan fingerprint density at radius 3 is 2.73 bits per heavy atom. The van der Waals surface area contributed by atoms with E-state index in [0.717, 1.165) is 0 Å². The van der Waals surface area contributed by atoms with Gasteiger partial charge in [0, 0.05) is 0 Å². The van der Waals surface area contributed by atoms with E-state index in [9.17, 15) is 9.59 Å². The Kier molecular flexibility index (Phi) is 4.42. The van der Waals surface area contributed by atoms with Crippen LogP contribution in [0.1, 0.15) is 39.6 Å². The number of fused-ring (bicyclic) bond motifs is 1. The fraction of sp³-hybridized carbons (Fsp3) is 0.400. The van der Waals surface area contributed by atoms with Gasteiger partial charge in [0.25, 0.3) is 0 Å². The molecule has 2 rings (SSSR count). The fourth-order valence-electron chi connectivity index (χ4n) is 1.83. The molecule has 0 aliphatic heterocycles. The zero-order valence-electron chi connectivity index (χ0n) is 12.8. The van der Waals surface area contributed by atoms with E-state index in [1.165, 1.54) is 0 Å². The number of rotatable bonds is 2. The lowest BCUT2D eigenvalue weighted by molar-refractivity contribution is 0.0499. The van der Waals surface area contributed by atoms with Crippen molar-refractivity contribution in [2.24, 2.45) is 0 Å². The van der Waals surface area contributed by atoms with E-state index in [4.69, 9.17) is 20.8 Å². The van der Waals surface area contributed by atoms with Crippen LogP contribution in [0.15, 0.2) is 27.4 Å². The molecular formula is C15H17ClN2O4. The molecule has 1 heterocycles. The smallest absolute Gasteiger partial charge is 0.408 e. The molecule has 1 atom stereocenters. The van der Waals surface area contributed by atoms with Crippen molar-refractivity contribution in [2.45, 2.75) is 39.3 Å². The molecule has 0 spiro atoms. The largest absolute Gasteiger partial charge is 0.444 e. The number of aromatic nitrogens is 1. The van der Waals surface area contributed by atoms with Crippen molar-refractivity contribution in [1.29, 1.82) is 0 Å². The van der Waals surface area contributed by atoms with Gasteiger partial charge in [0.05, 0.1) is 10.5 Å². The molecule has 0 bridgehead atoms. The van der Waals surface area contributed by atoms with E-state index in [1.54, 1.807) is 45.9 Å². The van der Waals surface area contributed by atoms with Crippen LogP contribution in [0.3, 0.4) is 0 Å². The molecule has 0 radical (unpaired) electrons. The van der Waals surface area contributed by atoms with Gasteiger partial charge in [-0.1, -0.05) is 17.7 Å². The molecule has 1 aromatic carbocycles. The summed E-state index contributed by atoms with van der Waals surface area (Å²) in [7, 11) is 0. The molecule has 0 saturated heterocycles. The molecule has 6 nitrogen and oxygen atoms in total. The lowest BCUT2D eigenvalue weighted by atomic mass is 10.2. The number of benzene rings is 1. The van der Waals surface area contributed by atoms with Gasteiger partial charge in [0.15, 0.2) is 0 Å². The van der Waals surface area contributed by atoms with Crippen molar-refractivity contribution in [2.75, 3.05) is 0 Å². The summed E-state index contributed by atoms with van der Waals surface area (Å²) in [6, 6.07) is 4.31. The number of amides is 1. The van der Waals surface area contributed by atoms with Crippen LogP contribution < -0.4 is 10.9 Å². The van der Waals surface area contributed by atoms with E-state index in [-0.39, 0.29) is 16.3 Å². The highest BCUT2D eigenvalue weighted by Crippen LogP contribution is 2.20. The summed E-state index contributed by atoms with van der Waals surface area (Å²) in [5, 5.41) is 3.07. The maximum atomic E-state index is 12.0. The Labute approximate surface area is 132 Å². The molecule has 1 N–H and O–H groups in total. The van der Waals surface area contributed by atoms with Gasteiger partial charge in [0.1, 0.15) is 17.0 Å². The van der Waals surface area contributed by atoms with Crippen LogP contribution in [0.5, 0.6) is 0 Å². The highest BCUT2D eigenvalue weighted by atomic mass is 35.5. The maximum absolute atomic E-state index is 12.0. The predicted octanol–water partition coefficient (Wildman–Crippen LogP) is 3.43. The molecule has 1 amide bonds. The third-order valence-corrected chi connectivity index (χ3v) is 3.04. The quantitative estimate of drug-likeness (QED) is 0.915. The molecular weight excluding hydrogens is 308 g/mol. The van der Waals surface area contributed by atoms with Crippen molar-refractivity contribution in [3.05, 3.63) is 39.5 Å². The molecule has 0 saturated carbocycles. The summed E-state index contributed by atoms with van der Waals surface area (Å²) in [5.74, 6) is 0.0885. The van der Waals surface area contributed by atoms with Gasteiger partial charge in [0.2, 0.25) is 5.89 Å². The summed E-state index contributed by atoms with van der Waals surface area (Å²) in [4.78, 5) is 28.0. The number of hydrogen-bond donors (Lipinski definition) is 1. The van der Waals surface area contributed by atoms with Gasteiger partial charge in [-0.2, -0.15) is 0 Å². The number of carbonyl (C=O) groups excluding carboxylic acids is 1. The normalized spacial score (nSPS) is 13.0. The first-order chi connectivity index (χ1) is 10.2. The van der Waals surface area contributed by atoms with Crippen molar-refractivity contribution in [1.82, 2.24) is 10.3 Å². The maximum Gasteiger partial charge on any atom is 0.408 e. The third-order valence-electron chi connectivity index (χ3n) is 2.73. The monoisotopic (exact) mass is 324 g/mol. The summed E-state index contributed by atoms with van der Waals surface area (Å²) < 4.78 is 10.3. The van der Waals surface area contributed by atoms with Crippen LogP contribution in [-0.2, 0) is 4.74 Å². The van der Waals surface area contributed by atoms with E-state index in [1.807, 2.05) is 0 Å². The van der Waals surface area contributed by atoms with Crippen LogP contribution in [-0.4, -0.2) is 16.7 Å². The van der Waals surface area contributed by atoms with Crippen molar-refractivity contribution < 1.29 is 13.9 Å². The van der Waals surface area contributed by atoms with Crippen LogP contribution >= 0.6 is 11.6 Å². The van der Waals surface area contributed by atoms with Crippen molar-refractivity contribution in [3.8, 4) is 0 Å². The number of nitrogens with one attached hydrogen (secondary N) is 1. The van der Waals surface area contributed by atoms with E-state index in [2.05, 4.69) is 10.3 Å². The number of alkyl carbamates (subject to hydrolysis) is 1. The average Bonchev–Trinajstić information content (AvgIpc) is 2.35. The van der Waals surface area contributed by atoms with Gasteiger partial charge in [-0.3, -0.25) is 0 Å². The number of halogens is 1. The van der Waals surface area contributed by atoms with Gasteiger partial charge in [-0.25, -0.2) is 14.6 Å². The van der Waals surface area contributed by atoms with Gasteiger partial charge in [-0.05, 0) is 39.8 Å². The molecule has 0 aliphatic rings. The molecule has 7 heteroatoms. The third kappa shape index (κ3) is 3.76. The van der Waals surface area contributed by atoms with Crippen LogP contribution in [0.25, 0.3) is 10.9 Å². The minimum Gasteiger partial charge on any atom is -0.444 e. The highest BCUT2D eigenvalue weighted by molar-refractivity contribution is 6.35. The first-order valence-corrected chi connectivity index (χ1v) is 7.14. The zero-order chi connectivity index (χ0) is 16.5. The number of hydrogen-bond acceptors (Lipinski definition) is 5. The second-order valence-electron chi connectivity index (χ2n) is 5.84. The number of ether oxygens (including phenoxy) is 1. The SMILES string of the molecule is C[C@H](NC(=O)OC(C)(C)C)c1nc2cccc(Cl)c2c(=O)o1. The lowest BCUT2D eigenvalue weighted by Crippen LogP contribution is -2.34. The molecule has 0 unspecified atom stereocenters. The lowest BCUT2D eigenvalue weighted by Gasteiger charge is -2.21. The molecule has 22 heavy (non-hydrogen) atoms. The Balaban J connectivity index is 2.28.